The highest BCUT2D eigenvalue weighted by atomic mass is 32.1. The molecule has 5 heteroatoms. The summed E-state index contributed by atoms with van der Waals surface area (Å²) in [5.74, 6) is 0. The predicted molar refractivity (Wildman–Crippen MR) is 65.9 cm³/mol. The largest absolute Gasteiger partial charge is 0.443 e. The Bertz CT molecular complexity index is 645. The lowest BCUT2D eigenvalue weighted by molar-refractivity contribution is 0.299. The first-order chi connectivity index (χ1) is 8.36. The first-order valence-corrected chi connectivity index (χ1v) is 6.13. The fourth-order valence-electron chi connectivity index (χ4n) is 1.67. The van der Waals surface area contributed by atoms with Crippen LogP contribution in [0.5, 0.6) is 0 Å². The molecule has 17 heavy (non-hydrogen) atoms. The van der Waals surface area contributed by atoms with Crippen molar-refractivity contribution >= 4 is 22.4 Å². The SMILES string of the molecule is OCCc1nc(-c2ccc3ncoc3c2)cs1. The third-order valence-corrected chi connectivity index (χ3v) is 3.41. The Morgan fingerprint density at radius 2 is 2.29 bits per heavy atom. The molecule has 0 aliphatic heterocycles. The molecule has 0 saturated carbocycles. The molecule has 0 fully saturated rings. The van der Waals surface area contributed by atoms with E-state index in [1.54, 1.807) is 11.3 Å². The summed E-state index contributed by atoms with van der Waals surface area (Å²) in [7, 11) is 0. The van der Waals surface area contributed by atoms with E-state index in [0.29, 0.717) is 6.42 Å². The summed E-state index contributed by atoms with van der Waals surface area (Å²) in [6.07, 6.45) is 2.04. The molecule has 1 aromatic carbocycles. The standard InChI is InChI=1S/C12H10N2O2S/c15-4-3-12-14-10(6-17-12)8-1-2-9-11(5-8)16-7-13-9/h1-2,5-7,15H,3-4H2. The number of benzene rings is 1. The third kappa shape index (κ3) is 1.94. The van der Waals surface area contributed by atoms with E-state index in [0.717, 1.165) is 27.4 Å². The number of hydrogen-bond acceptors (Lipinski definition) is 5. The molecular weight excluding hydrogens is 236 g/mol. The monoisotopic (exact) mass is 246 g/mol. The van der Waals surface area contributed by atoms with Crippen LogP contribution in [0.3, 0.4) is 0 Å². The number of nitrogens with zero attached hydrogens (tertiary/aromatic N) is 2. The van der Waals surface area contributed by atoms with Crippen LogP contribution in [-0.4, -0.2) is 21.7 Å². The summed E-state index contributed by atoms with van der Waals surface area (Å²) >= 11 is 1.56. The van der Waals surface area contributed by atoms with Crippen LogP contribution < -0.4 is 0 Å². The molecule has 0 aliphatic rings. The lowest BCUT2D eigenvalue weighted by atomic mass is 10.1. The first kappa shape index (κ1) is 10.4. The third-order valence-electron chi connectivity index (χ3n) is 2.50. The zero-order valence-corrected chi connectivity index (χ0v) is 9.78. The van der Waals surface area contributed by atoms with Crippen molar-refractivity contribution in [2.45, 2.75) is 6.42 Å². The second-order valence-corrected chi connectivity index (χ2v) is 4.58. The van der Waals surface area contributed by atoms with Crippen molar-refractivity contribution in [1.29, 1.82) is 0 Å². The summed E-state index contributed by atoms with van der Waals surface area (Å²) in [6, 6.07) is 5.82. The Balaban J connectivity index is 2.00. The maximum absolute atomic E-state index is 8.86. The average molecular weight is 246 g/mol. The second kappa shape index (κ2) is 4.27. The number of aliphatic hydroxyl groups excluding tert-OH is 1. The van der Waals surface area contributed by atoms with Crippen LogP contribution >= 0.6 is 11.3 Å². The molecule has 0 spiro atoms. The van der Waals surface area contributed by atoms with Gasteiger partial charge in [-0.2, -0.15) is 0 Å². The minimum atomic E-state index is 0.133. The molecule has 4 nitrogen and oxygen atoms in total. The summed E-state index contributed by atoms with van der Waals surface area (Å²) in [5.41, 5.74) is 3.53. The number of aliphatic hydroxyl groups is 1. The Morgan fingerprint density at radius 1 is 1.35 bits per heavy atom. The van der Waals surface area contributed by atoms with Gasteiger partial charge in [0, 0.05) is 24.0 Å². The van der Waals surface area contributed by atoms with Crippen LogP contribution in [0.25, 0.3) is 22.4 Å². The van der Waals surface area contributed by atoms with Crippen molar-refractivity contribution in [3.05, 3.63) is 35.0 Å². The summed E-state index contributed by atoms with van der Waals surface area (Å²) < 4.78 is 5.26. The zero-order chi connectivity index (χ0) is 11.7. The molecule has 0 aliphatic carbocycles. The van der Waals surface area contributed by atoms with Gasteiger partial charge < -0.3 is 9.52 Å². The molecule has 0 radical (unpaired) electrons. The van der Waals surface area contributed by atoms with Gasteiger partial charge in [0.15, 0.2) is 12.0 Å². The van der Waals surface area contributed by atoms with Crippen LogP contribution in [0.2, 0.25) is 0 Å². The van der Waals surface area contributed by atoms with Crippen molar-refractivity contribution in [3.63, 3.8) is 0 Å². The molecule has 3 rings (SSSR count). The highest BCUT2D eigenvalue weighted by Gasteiger charge is 2.06. The lowest BCUT2D eigenvalue weighted by Crippen LogP contribution is -1.89. The lowest BCUT2D eigenvalue weighted by Gasteiger charge is -1.95. The van der Waals surface area contributed by atoms with Gasteiger partial charge in [0.05, 0.1) is 10.7 Å². The molecule has 0 saturated heterocycles. The van der Waals surface area contributed by atoms with Crippen molar-refractivity contribution in [2.24, 2.45) is 0 Å². The van der Waals surface area contributed by atoms with E-state index in [2.05, 4.69) is 9.97 Å². The van der Waals surface area contributed by atoms with E-state index < -0.39 is 0 Å². The molecule has 0 bridgehead atoms. The van der Waals surface area contributed by atoms with Crippen LogP contribution in [-0.2, 0) is 6.42 Å². The van der Waals surface area contributed by atoms with E-state index in [1.165, 1.54) is 6.39 Å². The molecule has 0 atom stereocenters. The summed E-state index contributed by atoms with van der Waals surface area (Å²) in [6.45, 7) is 0.133. The van der Waals surface area contributed by atoms with Crippen LogP contribution in [0.1, 0.15) is 5.01 Å². The topological polar surface area (TPSA) is 59.2 Å². The van der Waals surface area contributed by atoms with Crippen LogP contribution in [0.4, 0.5) is 0 Å². The van der Waals surface area contributed by atoms with E-state index in [1.807, 2.05) is 23.6 Å². The van der Waals surface area contributed by atoms with Crippen molar-refractivity contribution in [3.8, 4) is 11.3 Å². The van der Waals surface area contributed by atoms with E-state index in [4.69, 9.17) is 9.52 Å². The van der Waals surface area contributed by atoms with E-state index in [-0.39, 0.29) is 6.61 Å². The maximum atomic E-state index is 8.86. The number of hydrogen-bond donors (Lipinski definition) is 1. The zero-order valence-electron chi connectivity index (χ0n) is 8.96. The number of thiazole rings is 1. The Labute approximate surface area is 102 Å². The number of aromatic nitrogens is 2. The van der Waals surface area contributed by atoms with Crippen molar-refractivity contribution in [1.82, 2.24) is 9.97 Å². The minimum absolute atomic E-state index is 0.133. The van der Waals surface area contributed by atoms with Crippen LogP contribution in [0, 0.1) is 0 Å². The molecule has 2 aromatic heterocycles. The van der Waals surface area contributed by atoms with Crippen LogP contribution in [0.15, 0.2) is 34.4 Å². The van der Waals surface area contributed by atoms with Gasteiger partial charge in [0.1, 0.15) is 5.52 Å². The molecule has 1 N–H and O–H groups in total. The smallest absolute Gasteiger partial charge is 0.181 e. The molecule has 0 amide bonds. The van der Waals surface area contributed by atoms with Gasteiger partial charge in [-0.3, -0.25) is 0 Å². The van der Waals surface area contributed by atoms with Gasteiger partial charge in [-0.1, -0.05) is 6.07 Å². The average Bonchev–Trinajstić information content (AvgIpc) is 2.96. The second-order valence-electron chi connectivity index (χ2n) is 3.63. The predicted octanol–water partition coefficient (Wildman–Crippen LogP) is 2.49. The van der Waals surface area contributed by atoms with E-state index in [9.17, 15) is 0 Å². The highest BCUT2D eigenvalue weighted by Crippen LogP contribution is 2.25. The highest BCUT2D eigenvalue weighted by molar-refractivity contribution is 7.09. The Morgan fingerprint density at radius 3 is 3.18 bits per heavy atom. The van der Waals surface area contributed by atoms with Gasteiger partial charge in [0.25, 0.3) is 0 Å². The first-order valence-electron chi connectivity index (χ1n) is 5.26. The number of fused-ring (bicyclic) bond motifs is 1. The number of oxazole rings is 1. The summed E-state index contributed by atoms with van der Waals surface area (Å²) in [4.78, 5) is 8.53. The van der Waals surface area contributed by atoms with Gasteiger partial charge in [0.2, 0.25) is 0 Å². The Kier molecular flexibility index (Phi) is 2.62. The molecule has 86 valence electrons. The maximum Gasteiger partial charge on any atom is 0.181 e. The quantitative estimate of drug-likeness (QED) is 0.771. The van der Waals surface area contributed by atoms with Gasteiger partial charge >= 0.3 is 0 Å². The van der Waals surface area contributed by atoms with Crippen molar-refractivity contribution in [2.75, 3.05) is 6.61 Å². The molecule has 2 heterocycles. The normalized spacial score (nSPS) is 11.1. The summed E-state index contributed by atoms with van der Waals surface area (Å²) in [5, 5.41) is 11.8. The molecular formula is C12H10N2O2S. The van der Waals surface area contributed by atoms with Gasteiger partial charge in [-0.25, -0.2) is 9.97 Å². The fraction of sp³-hybridized carbons (Fsp3) is 0.167. The van der Waals surface area contributed by atoms with Crippen molar-refractivity contribution < 1.29 is 9.52 Å². The fourth-order valence-corrected chi connectivity index (χ4v) is 2.47. The van der Waals surface area contributed by atoms with Gasteiger partial charge in [-0.05, 0) is 12.1 Å². The molecule has 3 aromatic rings. The minimum Gasteiger partial charge on any atom is -0.443 e. The van der Waals surface area contributed by atoms with E-state index >= 15 is 0 Å². The Hall–Kier alpha value is -1.72. The molecule has 0 unspecified atom stereocenters. The van der Waals surface area contributed by atoms with Gasteiger partial charge in [-0.15, -0.1) is 11.3 Å². The number of rotatable bonds is 3.